The first-order valence-corrected chi connectivity index (χ1v) is 9.67. The van der Waals surface area contributed by atoms with Crippen molar-refractivity contribution < 1.29 is 0 Å². The Morgan fingerprint density at radius 2 is 1.82 bits per heavy atom. The fourth-order valence-electron chi connectivity index (χ4n) is 1.82. The van der Waals surface area contributed by atoms with Crippen LogP contribution >= 0.6 is 0 Å². The average Bonchev–Trinajstić information content (AvgIpc) is 2.22. The van der Waals surface area contributed by atoms with E-state index in [2.05, 4.69) is 70.4 Å². The molecule has 1 aliphatic carbocycles. The lowest BCUT2D eigenvalue weighted by molar-refractivity contribution is 0.558. The zero-order chi connectivity index (χ0) is 13.1. The van der Waals surface area contributed by atoms with Crippen molar-refractivity contribution >= 4 is 8.07 Å². The summed E-state index contributed by atoms with van der Waals surface area (Å²) in [6.07, 6.45) is 12.2. The fraction of sp³-hybridized carbons (Fsp3) is 0.500. The second-order valence-corrected chi connectivity index (χ2v) is 11.4. The van der Waals surface area contributed by atoms with Gasteiger partial charge in [0.2, 0.25) is 0 Å². The largest absolute Gasteiger partial charge is 0.103 e. The Labute approximate surface area is 108 Å². The molecule has 0 aromatic rings. The highest BCUT2D eigenvalue weighted by atomic mass is 28.3. The van der Waals surface area contributed by atoms with Gasteiger partial charge in [0.05, 0.1) is 8.07 Å². The fourth-order valence-corrected chi connectivity index (χ4v) is 3.21. The summed E-state index contributed by atoms with van der Waals surface area (Å²) >= 11 is 0. The van der Waals surface area contributed by atoms with Crippen molar-refractivity contribution in [3.63, 3.8) is 0 Å². The minimum Gasteiger partial charge on any atom is -0.103 e. The monoisotopic (exact) mass is 246 g/mol. The van der Waals surface area contributed by atoms with E-state index < -0.39 is 8.07 Å². The molecule has 0 aromatic carbocycles. The van der Waals surface area contributed by atoms with Gasteiger partial charge in [-0.1, -0.05) is 69.9 Å². The molecule has 0 unspecified atom stereocenters. The molecule has 1 heteroatoms. The predicted molar refractivity (Wildman–Crippen MR) is 81.9 cm³/mol. The van der Waals surface area contributed by atoms with Crippen molar-refractivity contribution in [2.45, 2.75) is 45.8 Å². The highest BCUT2D eigenvalue weighted by molar-refractivity contribution is 6.83. The molecule has 0 N–H and O–H groups in total. The second-order valence-electron chi connectivity index (χ2n) is 6.29. The van der Waals surface area contributed by atoms with E-state index in [9.17, 15) is 0 Å². The van der Waals surface area contributed by atoms with Gasteiger partial charge in [0, 0.05) is 5.41 Å². The Morgan fingerprint density at radius 1 is 1.29 bits per heavy atom. The summed E-state index contributed by atoms with van der Waals surface area (Å²) in [7, 11) is -1.22. The van der Waals surface area contributed by atoms with Crippen molar-refractivity contribution in [3.8, 4) is 0 Å². The van der Waals surface area contributed by atoms with Crippen molar-refractivity contribution in [1.29, 1.82) is 0 Å². The molecule has 0 saturated carbocycles. The van der Waals surface area contributed by atoms with Gasteiger partial charge >= 0.3 is 0 Å². The molecule has 0 saturated heterocycles. The number of rotatable bonds is 4. The van der Waals surface area contributed by atoms with Crippen LogP contribution in [-0.4, -0.2) is 8.07 Å². The standard InChI is InChI=1S/C16H26Si/c1-7-10-16(4)11-8-15(9-12-16)13-17(5,6)14(2)3/h7-9,11-14H,1,10H2,2-6H3. The third-order valence-corrected chi connectivity index (χ3v) is 7.98. The average molecular weight is 246 g/mol. The third-order valence-electron chi connectivity index (χ3n) is 3.92. The molecule has 17 heavy (non-hydrogen) atoms. The lowest BCUT2D eigenvalue weighted by Gasteiger charge is -2.26. The summed E-state index contributed by atoms with van der Waals surface area (Å²) in [5.74, 6) is 0. The Kier molecular flexibility index (Phi) is 4.37. The summed E-state index contributed by atoms with van der Waals surface area (Å²) in [5, 5.41) is 0. The smallest absolute Gasteiger partial charge is 0.0750 e. The van der Waals surface area contributed by atoms with E-state index in [1.54, 1.807) is 0 Å². The zero-order valence-electron chi connectivity index (χ0n) is 12.0. The van der Waals surface area contributed by atoms with Crippen LogP contribution in [0.1, 0.15) is 27.2 Å². The van der Waals surface area contributed by atoms with E-state index in [1.165, 1.54) is 5.57 Å². The molecule has 0 nitrogen and oxygen atoms in total. The van der Waals surface area contributed by atoms with Gasteiger partial charge in [-0.3, -0.25) is 0 Å². The van der Waals surface area contributed by atoms with Crippen LogP contribution in [0.5, 0.6) is 0 Å². The molecular formula is C16H26Si. The van der Waals surface area contributed by atoms with E-state index in [4.69, 9.17) is 0 Å². The van der Waals surface area contributed by atoms with Crippen molar-refractivity contribution in [2.24, 2.45) is 5.41 Å². The van der Waals surface area contributed by atoms with E-state index in [0.29, 0.717) is 0 Å². The first-order valence-electron chi connectivity index (χ1n) is 6.51. The molecular weight excluding hydrogens is 220 g/mol. The van der Waals surface area contributed by atoms with Gasteiger partial charge in [-0.05, 0) is 17.5 Å². The van der Waals surface area contributed by atoms with Gasteiger partial charge < -0.3 is 0 Å². The maximum atomic E-state index is 3.83. The topological polar surface area (TPSA) is 0 Å². The van der Waals surface area contributed by atoms with Crippen molar-refractivity contribution in [2.75, 3.05) is 0 Å². The van der Waals surface area contributed by atoms with Crippen LogP contribution in [0.25, 0.3) is 0 Å². The van der Waals surface area contributed by atoms with Gasteiger partial charge in [-0.15, -0.1) is 6.58 Å². The quantitative estimate of drug-likeness (QED) is 0.468. The first kappa shape index (κ1) is 14.2. The van der Waals surface area contributed by atoms with Crippen LogP contribution < -0.4 is 0 Å². The molecule has 94 valence electrons. The second kappa shape index (κ2) is 5.22. The maximum Gasteiger partial charge on any atom is 0.0750 e. The molecule has 0 radical (unpaired) electrons. The molecule has 0 bridgehead atoms. The van der Waals surface area contributed by atoms with E-state index in [0.717, 1.165) is 12.0 Å². The van der Waals surface area contributed by atoms with Crippen LogP contribution in [-0.2, 0) is 0 Å². The molecule has 0 amide bonds. The van der Waals surface area contributed by atoms with Gasteiger partial charge in [0.1, 0.15) is 0 Å². The van der Waals surface area contributed by atoms with E-state index in [1.807, 2.05) is 6.08 Å². The lowest BCUT2D eigenvalue weighted by atomic mass is 9.82. The van der Waals surface area contributed by atoms with Crippen molar-refractivity contribution in [1.82, 2.24) is 0 Å². The Bertz CT molecular complexity index is 351. The summed E-state index contributed by atoms with van der Waals surface area (Å²) in [5.41, 5.74) is 4.86. The van der Waals surface area contributed by atoms with Crippen LogP contribution in [0.15, 0.2) is 48.2 Å². The lowest BCUT2D eigenvalue weighted by Crippen LogP contribution is -2.27. The SMILES string of the molecule is C=CCC1(C)C=CC(=C[Si](C)(C)C(C)C)C=C1. The molecule has 0 fully saturated rings. The molecule has 0 atom stereocenters. The molecule has 0 aliphatic heterocycles. The molecule has 0 heterocycles. The summed E-state index contributed by atoms with van der Waals surface area (Å²) < 4.78 is 0. The Hall–Kier alpha value is -0.823. The molecule has 0 aromatic heterocycles. The van der Waals surface area contributed by atoms with Crippen LogP contribution in [0, 0.1) is 5.41 Å². The number of allylic oxidation sites excluding steroid dienone is 6. The Balaban J connectivity index is 2.85. The van der Waals surface area contributed by atoms with Crippen LogP contribution in [0.3, 0.4) is 0 Å². The normalized spacial score (nSPS) is 24.2. The minimum atomic E-state index is -1.22. The van der Waals surface area contributed by atoms with E-state index >= 15 is 0 Å². The highest BCUT2D eigenvalue weighted by Crippen LogP contribution is 2.32. The van der Waals surface area contributed by atoms with Crippen LogP contribution in [0.4, 0.5) is 0 Å². The molecule has 0 spiro atoms. The first-order chi connectivity index (χ1) is 7.79. The maximum absolute atomic E-state index is 3.83. The molecule has 1 rings (SSSR count). The van der Waals surface area contributed by atoms with Gasteiger partial charge in [-0.2, -0.15) is 0 Å². The predicted octanol–water partition coefficient (Wildman–Crippen LogP) is 5.28. The summed E-state index contributed by atoms with van der Waals surface area (Å²) in [6, 6.07) is 0. The number of hydrogen-bond donors (Lipinski definition) is 0. The van der Waals surface area contributed by atoms with Gasteiger partial charge in [0.25, 0.3) is 0 Å². The van der Waals surface area contributed by atoms with Crippen LogP contribution in [0.2, 0.25) is 18.6 Å². The summed E-state index contributed by atoms with van der Waals surface area (Å²) in [4.78, 5) is 0. The van der Waals surface area contributed by atoms with Gasteiger partial charge in [0.15, 0.2) is 0 Å². The highest BCUT2D eigenvalue weighted by Gasteiger charge is 2.23. The minimum absolute atomic E-state index is 0.169. The van der Waals surface area contributed by atoms with Gasteiger partial charge in [-0.25, -0.2) is 0 Å². The van der Waals surface area contributed by atoms with E-state index in [-0.39, 0.29) is 5.41 Å². The third kappa shape index (κ3) is 3.85. The number of hydrogen-bond acceptors (Lipinski definition) is 0. The Morgan fingerprint density at radius 3 is 2.24 bits per heavy atom. The summed E-state index contributed by atoms with van der Waals surface area (Å²) in [6.45, 7) is 15.6. The zero-order valence-corrected chi connectivity index (χ0v) is 13.0. The molecule has 1 aliphatic rings. The van der Waals surface area contributed by atoms with Crippen molar-refractivity contribution in [3.05, 3.63) is 48.2 Å².